The largest absolute Gasteiger partial charge is 0.339 e. The summed E-state index contributed by atoms with van der Waals surface area (Å²) in [6.45, 7) is 1.15. The van der Waals surface area contributed by atoms with Crippen LogP contribution in [0.2, 0.25) is 0 Å². The van der Waals surface area contributed by atoms with Crippen LogP contribution in [-0.4, -0.2) is 54.0 Å². The lowest BCUT2D eigenvalue weighted by Crippen LogP contribution is -2.41. The van der Waals surface area contributed by atoms with Crippen LogP contribution in [0.4, 0.5) is 10.5 Å². The molecule has 0 radical (unpaired) electrons. The lowest BCUT2D eigenvalue weighted by atomic mass is 9.95. The highest BCUT2D eigenvalue weighted by atomic mass is 32.2. The average Bonchev–Trinajstić information content (AvgIpc) is 3.23. The highest BCUT2D eigenvalue weighted by Crippen LogP contribution is 2.30. The molecular weight excluding hydrogens is 394 g/mol. The molecule has 148 valence electrons. The number of benzene rings is 1. The minimum atomic E-state index is -0.144. The van der Waals surface area contributed by atoms with Crippen molar-refractivity contribution in [1.29, 1.82) is 0 Å². The Labute approximate surface area is 172 Å². The van der Waals surface area contributed by atoms with Gasteiger partial charge in [-0.15, -0.1) is 11.3 Å². The van der Waals surface area contributed by atoms with E-state index in [4.69, 9.17) is 0 Å². The van der Waals surface area contributed by atoms with E-state index in [1.54, 1.807) is 20.2 Å². The number of para-hydroxylation sites is 1. The molecule has 3 rings (SSSR count). The molecule has 3 amide bonds. The van der Waals surface area contributed by atoms with E-state index in [0.29, 0.717) is 31.6 Å². The number of likely N-dealkylation sites (tertiary alicyclic amines) is 1. The first-order valence-electron chi connectivity index (χ1n) is 9.07. The first kappa shape index (κ1) is 20.4. The van der Waals surface area contributed by atoms with Crippen LogP contribution in [0.3, 0.4) is 0 Å². The van der Waals surface area contributed by atoms with Crippen molar-refractivity contribution >= 4 is 45.8 Å². The van der Waals surface area contributed by atoms with Gasteiger partial charge in [-0.1, -0.05) is 18.2 Å². The van der Waals surface area contributed by atoms with Gasteiger partial charge >= 0.3 is 0 Å². The number of rotatable bonds is 4. The van der Waals surface area contributed by atoms with Crippen LogP contribution >= 0.6 is 23.1 Å². The summed E-state index contributed by atoms with van der Waals surface area (Å²) < 4.78 is 0. The third-order valence-corrected chi connectivity index (χ3v) is 6.57. The molecule has 0 unspecified atom stereocenters. The quantitative estimate of drug-likeness (QED) is 0.763. The van der Waals surface area contributed by atoms with E-state index in [2.05, 4.69) is 5.32 Å². The summed E-state index contributed by atoms with van der Waals surface area (Å²) in [7, 11) is 3.39. The maximum Gasteiger partial charge on any atom is 0.286 e. The molecule has 6 nitrogen and oxygen atoms in total. The first-order chi connectivity index (χ1) is 13.5. The van der Waals surface area contributed by atoms with Crippen molar-refractivity contribution in [3.63, 3.8) is 0 Å². The molecule has 1 aromatic heterocycles. The van der Waals surface area contributed by atoms with Gasteiger partial charge in [0.2, 0.25) is 5.91 Å². The molecule has 1 N–H and O–H groups in total. The minimum absolute atomic E-state index is 0.0396. The lowest BCUT2D eigenvalue weighted by Gasteiger charge is -2.31. The highest BCUT2D eigenvalue weighted by Gasteiger charge is 2.28. The molecule has 1 aliphatic rings. The molecular formula is C20H23N3O3S2. The number of hydrogen-bond acceptors (Lipinski definition) is 5. The summed E-state index contributed by atoms with van der Waals surface area (Å²) in [5.41, 5.74) is 0.643. The Morgan fingerprint density at radius 1 is 1.11 bits per heavy atom. The van der Waals surface area contributed by atoms with Gasteiger partial charge in [-0.25, -0.2) is 0 Å². The van der Waals surface area contributed by atoms with E-state index < -0.39 is 0 Å². The van der Waals surface area contributed by atoms with Gasteiger partial charge in [0.25, 0.3) is 11.1 Å². The Bertz CT molecular complexity index is 844. The normalized spacial score (nSPS) is 14.6. The summed E-state index contributed by atoms with van der Waals surface area (Å²) in [5.74, 6) is -0.165. The molecule has 1 aliphatic heterocycles. The molecule has 0 aliphatic carbocycles. The van der Waals surface area contributed by atoms with Crippen LogP contribution in [0.1, 0.15) is 22.5 Å². The fourth-order valence-corrected chi connectivity index (χ4v) is 4.42. The standard InChI is InChI=1S/C20H23N3O3S2/c1-22(2)20(26)28-16-7-4-3-6-15(16)21-18(24)14-9-11-23(12-10-14)19(25)17-8-5-13-27-17/h3-8,13-14H,9-12H2,1-2H3,(H,21,24). The fourth-order valence-electron chi connectivity index (χ4n) is 2.98. The van der Waals surface area contributed by atoms with E-state index in [9.17, 15) is 14.4 Å². The third kappa shape index (κ3) is 4.94. The van der Waals surface area contributed by atoms with Gasteiger partial charge in [0.15, 0.2) is 0 Å². The van der Waals surface area contributed by atoms with Crippen LogP contribution < -0.4 is 5.32 Å². The van der Waals surface area contributed by atoms with Crippen LogP contribution in [0.25, 0.3) is 0 Å². The Morgan fingerprint density at radius 2 is 1.82 bits per heavy atom. The molecule has 1 saturated heterocycles. The van der Waals surface area contributed by atoms with Crippen molar-refractivity contribution in [2.75, 3.05) is 32.5 Å². The second-order valence-corrected chi connectivity index (χ2v) is 8.73. The Kier molecular flexibility index (Phi) is 6.74. The predicted octanol–water partition coefficient (Wildman–Crippen LogP) is 4.01. The van der Waals surface area contributed by atoms with Crippen LogP contribution in [0, 0.1) is 5.92 Å². The van der Waals surface area contributed by atoms with Gasteiger partial charge in [0.1, 0.15) is 0 Å². The predicted molar refractivity (Wildman–Crippen MR) is 113 cm³/mol. The van der Waals surface area contributed by atoms with Crippen molar-refractivity contribution in [2.45, 2.75) is 17.7 Å². The third-order valence-electron chi connectivity index (χ3n) is 4.59. The maximum absolute atomic E-state index is 12.7. The van der Waals surface area contributed by atoms with Crippen molar-refractivity contribution < 1.29 is 14.4 Å². The van der Waals surface area contributed by atoms with Crippen molar-refractivity contribution in [2.24, 2.45) is 5.92 Å². The molecule has 0 bridgehead atoms. The Hall–Kier alpha value is -2.32. The molecule has 1 aromatic carbocycles. The number of hydrogen-bond donors (Lipinski definition) is 1. The van der Waals surface area contributed by atoms with E-state index in [-0.39, 0.29) is 23.0 Å². The van der Waals surface area contributed by atoms with Crippen molar-refractivity contribution in [1.82, 2.24) is 9.80 Å². The van der Waals surface area contributed by atoms with E-state index in [1.807, 2.05) is 40.6 Å². The number of nitrogens with zero attached hydrogens (tertiary/aromatic N) is 2. The second kappa shape index (κ2) is 9.25. The summed E-state index contributed by atoms with van der Waals surface area (Å²) in [5, 5.41) is 4.76. The Balaban J connectivity index is 1.58. The molecule has 2 heterocycles. The number of carbonyl (C=O) groups is 3. The topological polar surface area (TPSA) is 69.7 Å². The van der Waals surface area contributed by atoms with E-state index in [0.717, 1.165) is 21.5 Å². The Morgan fingerprint density at radius 3 is 2.46 bits per heavy atom. The van der Waals surface area contributed by atoms with E-state index >= 15 is 0 Å². The summed E-state index contributed by atoms with van der Waals surface area (Å²) >= 11 is 2.53. The summed E-state index contributed by atoms with van der Waals surface area (Å²) in [4.78, 5) is 41.9. The molecule has 8 heteroatoms. The molecule has 0 spiro atoms. The molecule has 2 aromatic rings. The highest BCUT2D eigenvalue weighted by molar-refractivity contribution is 8.13. The molecule has 1 fully saturated rings. The molecule has 0 atom stereocenters. The van der Waals surface area contributed by atoms with Gasteiger partial charge in [0.05, 0.1) is 10.6 Å². The number of thiophene rings is 1. The second-order valence-electron chi connectivity index (χ2n) is 6.79. The zero-order valence-corrected chi connectivity index (χ0v) is 17.5. The van der Waals surface area contributed by atoms with Crippen LogP contribution in [0.15, 0.2) is 46.7 Å². The smallest absolute Gasteiger partial charge is 0.286 e. The number of nitrogens with one attached hydrogen (secondary N) is 1. The van der Waals surface area contributed by atoms with Gasteiger partial charge in [-0.3, -0.25) is 14.4 Å². The number of thioether (sulfide) groups is 1. The summed E-state index contributed by atoms with van der Waals surface area (Å²) in [6.07, 6.45) is 1.27. The maximum atomic E-state index is 12.7. The minimum Gasteiger partial charge on any atom is -0.339 e. The summed E-state index contributed by atoms with van der Waals surface area (Å²) in [6, 6.07) is 11.0. The van der Waals surface area contributed by atoms with Crippen molar-refractivity contribution in [3.8, 4) is 0 Å². The van der Waals surface area contributed by atoms with Crippen LogP contribution in [0.5, 0.6) is 0 Å². The first-order valence-corrected chi connectivity index (χ1v) is 10.8. The fraction of sp³-hybridized carbons (Fsp3) is 0.350. The number of carbonyl (C=O) groups excluding carboxylic acids is 3. The molecule has 28 heavy (non-hydrogen) atoms. The monoisotopic (exact) mass is 417 g/mol. The van der Waals surface area contributed by atoms with E-state index in [1.165, 1.54) is 16.2 Å². The van der Waals surface area contributed by atoms with Gasteiger partial charge in [-0.2, -0.15) is 0 Å². The van der Waals surface area contributed by atoms with Crippen molar-refractivity contribution in [3.05, 3.63) is 46.7 Å². The lowest BCUT2D eigenvalue weighted by molar-refractivity contribution is -0.121. The van der Waals surface area contributed by atoms with Gasteiger partial charge in [0, 0.05) is 38.0 Å². The number of anilines is 1. The number of piperidine rings is 1. The van der Waals surface area contributed by atoms with Crippen LogP contribution in [-0.2, 0) is 4.79 Å². The molecule has 0 saturated carbocycles. The number of amides is 3. The average molecular weight is 418 g/mol. The zero-order chi connectivity index (χ0) is 20.1. The van der Waals surface area contributed by atoms with Gasteiger partial charge in [-0.05, 0) is 48.2 Å². The SMILES string of the molecule is CN(C)C(=O)Sc1ccccc1NC(=O)C1CCN(C(=O)c2cccs2)CC1. The van der Waals surface area contributed by atoms with Gasteiger partial charge < -0.3 is 15.1 Å². The zero-order valence-electron chi connectivity index (χ0n) is 15.9.